The Balaban J connectivity index is 2.28. The largest absolute Gasteiger partial charge is 0.489 e. The van der Waals surface area contributed by atoms with Gasteiger partial charge in [-0.2, -0.15) is 0 Å². The molecule has 0 saturated heterocycles. The Kier molecular flexibility index (Phi) is 7.26. The van der Waals surface area contributed by atoms with Crippen molar-refractivity contribution in [3.8, 4) is 5.75 Å². The van der Waals surface area contributed by atoms with Crippen LogP contribution in [-0.4, -0.2) is 18.5 Å². The molecule has 2 aromatic carbocycles. The van der Waals surface area contributed by atoms with E-state index in [1.54, 1.807) is 18.8 Å². The number of hydrogen-bond acceptors (Lipinski definition) is 4. The number of aryl methyl sites for hydroxylation is 3. The lowest BCUT2D eigenvalue weighted by molar-refractivity contribution is 0.262. The second kappa shape index (κ2) is 9.20. The van der Waals surface area contributed by atoms with Gasteiger partial charge in [0, 0.05) is 22.4 Å². The molecule has 2 aromatic rings. The molecule has 5 heteroatoms. The normalized spacial score (nSPS) is 10.6. The first kappa shape index (κ1) is 19.7. The van der Waals surface area contributed by atoms with E-state index in [1.807, 2.05) is 18.4 Å². The minimum absolute atomic E-state index is 0.0705. The number of benzene rings is 2. The molecule has 3 nitrogen and oxygen atoms in total. The maximum atomic E-state index is 11.8. The van der Waals surface area contributed by atoms with Gasteiger partial charge in [-0.3, -0.25) is 4.79 Å². The fourth-order valence-corrected chi connectivity index (χ4v) is 4.10. The molecule has 0 radical (unpaired) electrons. The van der Waals surface area contributed by atoms with Crippen molar-refractivity contribution in [1.82, 2.24) is 5.32 Å². The molecular weight excluding hydrogens is 350 g/mol. The fourth-order valence-electron chi connectivity index (χ4n) is 2.66. The summed E-state index contributed by atoms with van der Waals surface area (Å²) >= 11 is 2.87. The SMILES string of the molecule is CCc1cc(C)c(OCc2c(SC)cccc2SC(=O)NC)cc1C. The van der Waals surface area contributed by atoms with Crippen molar-refractivity contribution in [3.05, 3.63) is 52.6 Å². The minimum Gasteiger partial charge on any atom is -0.489 e. The van der Waals surface area contributed by atoms with Crippen LogP contribution in [0.3, 0.4) is 0 Å². The molecule has 0 aliphatic rings. The number of amides is 1. The Morgan fingerprint density at radius 2 is 1.88 bits per heavy atom. The summed E-state index contributed by atoms with van der Waals surface area (Å²) in [5, 5.41) is 2.59. The molecular formula is C20H25NO2S2. The van der Waals surface area contributed by atoms with Gasteiger partial charge >= 0.3 is 0 Å². The summed E-state index contributed by atoms with van der Waals surface area (Å²) in [7, 11) is 1.64. The van der Waals surface area contributed by atoms with Crippen LogP contribution in [0.4, 0.5) is 4.79 Å². The lowest BCUT2D eigenvalue weighted by atomic mass is 10.0. The molecule has 1 N–H and O–H groups in total. The average molecular weight is 376 g/mol. The molecule has 0 aromatic heterocycles. The van der Waals surface area contributed by atoms with Gasteiger partial charge < -0.3 is 10.1 Å². The van der Waals surface area contributed by atoms with Crippen molar-refractivity contribution in [2.45, 2.75) is 43.6 Å². The quantitative estimate of drug-likeness (QED) is 0.667. The molecule has 134 valence electrons. The zero-order chi connectivity index (χ0) is 18.4. The van der Waals surface area contributed by atoms with Crippen LogP contribution in [0.15, 0.2) is 40.1 Å². The van der Waals surface area contributed by atoms with Gasteiger partial charge in [0.05, 0.1) is 0 Å². The molecule has 1 amide bonds. The van der Waals surface area contributed by atoms with E-state index < -0.39 is 0 Å². The van der Waals surface area contributed by atoms with E-state index in [-0.39, 0.29) is 5.24 Å². The monoisotopic (exact) mass is 375 g/mol. The number of ether oxygens (including phenoxy) is 1. The van der Waals surface area contributed by atoms with Gasteiger partial charge in [0.15, 0.2) is 0 Å². The molecule has 0 heterocycles. The summed E-state index contributed by atoms with van der Waals surface area (Å²) in [6.45, 7) is 6.81. The standard InChI is InChI=1S/C20H25NO2S2/c1-6-15-10-14(3)17(11-13(15)2)23-12-16-18(24-5)8-7-9-19(16)25-20(22)21-4/h7-11H,6,12H2,1-5H3,(H,21,22). The van der Waals surface area contributed by atoms with Crippen molar-refractivity contribution < 1.29 is 9.53 Å². The van der Waals surface area contributed by atoms with Gasteiger partial charge in [0.25, 0.3) is 5.24 Å². The molecule has 0 fully saturated rings. The van der Waals surface area contributed by atoms with Crippen LogP contribution in [-0.2, 0) is 13.0 Å². The molecule has 0 saturated carbocycles. The van der Waals surface area contributed by atoms with Crippen molar-refractivity contribution in [2.75, 3.05) is 13.3 Å². The Bertz CT molecular complexity index is 760. The molecule has 2 rings (SSSR count). The number of nitrogens with one attached hydrogen (secondary N) is 1. The fraction of sp³-hybridized carbons (Fsp3) is 0.350. The van der Waals surface area contributed by atoms with E-state index in [9.17, 15) is 4.79 Å². The minimum atomic E-state index is -0.0705. The zero-order valence-electron chi connectivity index (χ0n) is 15.4. The van der Waals surface area contributed by atoms with Crippen molar-refractivity contribution in [3.63, 3.8) is 0 Å². The predicted molar refractivity (Wildman–Crippen MR) is 108 cm³/mol. The summed E-state index contributed by atoms with van der Waals surface area (Å²) in [5.74, 6) is 0.904. The Morgan fingerprint density at radius 1 is 1.16 bits per heavy atom. The van der Waals surface area contributed by atoms with Gasteiger partial charge in [0.2, 0.25) is 0 Å². The van der Waals surface area contributed by atoms with Gasteiger partial charge in [-0.05, 0) is 73.2 Å². The van der Waals surface area contributed by atoms with Gasteiger partial charge in [-0.15, -0.1) is 11.8 Å². The van der Waals surface area contributed by atoms with Crippen LogP contribution >= 0.6 is 23.5 Å². The smallest absolute Gasteiger partial charge is 0.283 e. The first-order chi connectivity index (χ1) is 12.0. The summed E-state index contributed by atoms with van der Waals surface area (Å²) < 4.78 is 6.14. The number of rotatable bonds is 6. The van der Waals surface area contributed by atoms with E-state index in [0.717, 1.165) is 33.1 Å². The summed E-state index contributed by atoms with van der Waals surface area (Å²) in [5.41, 5.74) is 4.80. The topological polar surface area (TPSA) is 38.3 Å². The van der Waals surface area contributed by atoms with Crippen molar-refractivity contribution in [2.24, 2.45) is 0 Å². The Hall–Kier alpha value is -1.59. The first-order valence-corrected chi connectivity index (χ1v) is 10.3. The Labute approximate surface area is 158 Å². The lowest BCUT2D eigenvalue weighted by Crippen LogP contribution is -2.12. The second-order valence-electron chi connectivity index (χ2n) is 5.76. The Morgan fingerprint density at radius 3 is 2.52 bits per heavy atom. The highest BCUT2D eigenvalue weighted by Crippen LogP contribution is 2.32. The van der Waals surface area contributed by atoms with Crippen LogP contribution in [0.5, 0.6) is 5.75 Å². The molecule has 0 spiro atoms. The number of hydrogen-bond donors (Lipinski definition) is 1. The van der Waals surface area contributed by atoms with Crippen LogP contribution in [0.2, 0.25) is 0 Å². The molecule has 0 bridgehead atoms. The first-order valence-electron chi connectivity index (χ1n) is 8.28. The highest BCUT2D eigenvalue weighted by atomic mass is 32.2. The molecule has 0 unspecified atom stereocenters. The van der Waals surface area contributed by atoms with E-state index in [2.05, 4.69) is 44.3 Å². The third-order valence-corrected chi connectivity index (χ3v) is 5.92. The maximum absolute atomic E-state index is 11.8. The summed E-state index contributed by atoms with van der Waals surface area (Å²) in [4.78, 5) is 13.8. The predicted octanol–water partition coefficient (Wildman–Crippen LogP) is 5.60. The maximum Gasteiger partial charge on any atom is 0.283 e. The van der Waals surface area contributed by atoms with Crippen LogP contribution in [0.1, 0.15) is 29.2 Å². The summed E-state index contributed by atoms with van der Waals surface area (Å²) in [6, 6.07) is 10.3. The van der Waals surface area contributed by atoms with E-state index in [0.29, 0.717) is 6.61 Å². The number of carbonyl (C=O) groups excluding carboxylic acids is 1. The third kappa shape index (κ3) is 4.95. The summed E-state index contributed by atoms with van der Waals surface area (Å²) in [6.07, 6.45) is 3.06. The number of carbonyl (C=O) groups is 1. The molecule has 0 aliphatic heterocycles. The van der Waals surface area contributed by atoms with Crippen LogP contribution in [0, 0.1) is 13.8 Å². The van der Waals surface area contributed by atoms with Gasteiger partial charge in [-0.25, -0.2) is 0 Å². The van der Waals surface area contributed by atoms with Gasteiger partial charge in [0.1, 0.15) is 12.4 Å². The number of thioether (sulfide) groups is 2. The highest BCUT2D eigenvalue weighted by Gasteiger charge is 2.13. The van der Waals surface area contributed by atoms with Crippen molar-refractivity contribution >= 4 is 28.8 Å². The average Bonchev–Trinajstić information content (AvgIpc) is 2.62. The molecule has 25 heavy (non-hydrogen) atoms. The van der Waals surface area contributed by atoms with E-state index in [4.69, 9.17) is 4.74 Å². The second-order valence-corrected chi connectivity index (χ2v) is 7.63. The van der Waals surface area contributed by atoms with Gasteiger partial charge in [-0.1, -0.05) is 19.1 Å². The van der Waals surface area contributed by atoms with Crippen LogP contribution in [0.25, 0.3) is 0 Å². The molecule has 0 aliphatic carbocycles. The van der Waals surface area contributed by atoms with E-state index >= 15 is 0 Å². The lowest BCUT2D eigenvalue weighted by Gasteiger charge is -2.16. The van der Waals surface area contributed by atoms with Crippen molar-refractivity contribution in [1.29, 1.82) is 0 Å². The van der Waals surface area contributed by atoms with Crippen LogP contribution < -0.4 is 10.1 Å². The molecule has 0 atom stereocenters. The highest BCUT2D eigenvalue weighted by molar-refractivity contribution is 8.13. The zero-order valence-corrected chi connectivity index (χ0v) is 17.1. The third-order valence-electron chi connectivity index (χ3n) is 4.10. The van der Waals surface area contributed by atoms with E-state index in [1.165, 1.54) is 22.9 Å².